The fourth-order valence-electron chi connectivity index (χ4n) is 3.54. The lowest BCUT2D eigenvalue weighted by atomic mass is 9.93. The zero-order valence-electron chi connectivity index (χ0n) is 13.6. The number of nitrogens with zero attached hydrogens (tertiary/aromatic N) is 2. The highest BCUT2D eigenvalue weighted by Gasteiger charge is 2.30. The zero-order chi connectivity index (χ0) is 16.4. The van der Waals surface area contributed by atoms with Crippen LogP contribution in [-0.4, -0.2) is 47.6 Å². The minimum atomic E-state index is -0.400. The number of carbonyl (C=O) groups excluding carboxylic acids is 2. The maximum atomic E-state index is 12.6. The zero-order valence-corrected chi connectivity index (χ0v) is 13.6. The van der Waals surface area contributed by atoms with Gasteiger partial charge in [0.05, 0.1) is 6.10 Å². The Morgan fingerprint density at radius 2 is 2.13 bits per heavy atom. The van der Waals surface area contributed by atoms with Crippen molar-refractivity contribution in [3.8, 4) is 0 Å². The minimum Gasteiger partial charge on any atom is -0.393 e. The van der Waals surface area contributed by atoms with Gasteiger partial charge >= 0.3 is 0 Å². The smallest absolute Gasteiger partial charge is 0.242 e. The number of piperidine rings is 1. The fraction of sp³-hybridized carbons (Fsp3) is 0.556. The molecule has 0 saturated carbocycles. The van der Waals surface area contributed by atoms with Crippen molar-refractivity contribution < 1.29 is 14.7 Å². The predicted octanol–water partition coefficient (Wildman–Crippen LogP) is 1.59. The molecule has 1 aromatic carbocycles. The van der Waals surface area contributed by atoms with Crippen LogP contribution in [-0.2, 0) is 16.0 Å². The first-order valence-electron chi connectivity index (χ1n) is 8.40. The number of para-hydroxylation sites is 1. The quantitative estimate of drug-likeness (QED) is 0.921. The summed E-state index contributed by atoms with van der Waals surface area (Å²) in [4.78, 5) is 28.3. The second kappa shape index (κ2) is 6.71. The number of fused-ring (bicyclic) bond motifs is 1. The summed E-state index contributed by atoms with van der Waals surface area (Å²) < 4.78 is 0. The molecule has 5 heteroatoms. The minimum absolute atomic E-state index is 0.0149. The van der Waals surface area contributed by atoms with Crippen LogP contribution >= 0.6 is 0 Å². The van der Waals surface area contributed by atoms with E-state index in [9.17, 15) is 14.7 Å². The maximum Gasteiger partial charge on any atom is 0.242 e. The molecule has 1 aromatic rings. The maximum absolute atomic E-state index is 12.6. The molecule has 2 amide bonds. The number of aliphatic hydroxyl groups is 1. The van der Waals surface area contributed by atoms with E-state index >= 15 is 0 Å². The molecule has 0 radical (unpaired) electrons. The lowest BCUT2D eigenvalue weighted by Gasteiger charge is -2.36. The molecule has 1 N–H and O–H groups in total. The molecule has 2 aliphatic rings. The van der Waals surface area contributed by atoms with E-state index < -0.39 is 6.10 Å². The number of anilines is 1. The highest BCUT2D eigenvalue weighted by atomic mass is 16.3. The average Bonchev–Trinajstić information content (AvgIpc) is 2.57. The molecule has 23 heavy (non-hydrogen) atoms. The molecule has 0 spiro atoms. The van der Waals surface area contributed by atoms with E-state index in [1.165, 1.54) is 0 Å². The SMILES string of the molecule is CC(O)C1CCCN(C(=O)CN2C(=O)CCc3ccccc32)C1. The molecule has 2 atom stereocenters. The van der Waals surface area contributed by atoms with Crippen molar-refractivity contribution in [3.05, 3.63) is 29.8 Å². The molecule has 2 unspecified atom stereocenters. The molecule has 0 aromatic heterocycles. The highest BCUT2D eigenvalue weighted by molar-refractivity contribution is 6.01. The van der Waals surface area contributed by atoms with Crippen molar-refractivity contribution in [2.45, 2.75) is 38.7 Å². The first kappa shape index (κ1) is 16.0. The second-order valence-electron chi connectivity index (χ2n) is 6.59. The summed E-state index contributed by atoms with van der Waals surface area (Å²) in [7, 11) is 0. The van der Waals surface area contributed by atoms with Crippen LogP contribution in [0.4, 0.5) is 5.69 Å². The molecule has 1 saturated heterocycles. The molecule has 3 rings (SSSR count). The number of amides is 2. The fourth-order valence-corrected chi connectivity index (χ4v) is 3.54. The number of aliphatic hydroxyl groups excluding tert-OH is 1. The van der Waals surface area contributed by atoms with Gasteiger partial charge in [-0.15, -0.1) is 0 Å². The van der Waals surface area contributed by atoms with Gasteiger partial charge < -0.3 is 14.9 Å². The standard InChI is InChI=1S/C18H24N2O3/c1-13(21)15-6-4-10-19(11-15)18(23)12-20-16-7-3-2-5-14(16)8-9-17(20)22/h2-3,5,7,13,15,21H,4,6,8-12H2,1H3. The van der Waals surface area contributed by atoms with Crippen molar-refractivity contribution in [1.82, 2.24) is 4.90 Å². The third-order valence-corrected chi connectivity index (χ3v) is 4.98. The van der Waals surface area contributed by atoms with Crippen molar-refractivity contribution in [2.24, 2.45) is 5.92 Å². The topological polar surface area (TPSA) is 60.9 Å². The van der Waals surface area contributed by atoms with Gasteiger partial charge in [0.25, 0.3) is 0 Å². The van der Waals surface area contributed by atoms with Crippen LogP contribution in [0.25, 0.3) is 0 Å². The largest absolute Gasteiger partial charge is 0.393 e. The lowest BCUT2D eigenvalue weighted by molar-refractivity contribution is -0.133. The van der Waals surface area contributed by atoms with Gasteiger partial charge in [0.15, 0.2) is 0 Å². The van der Waals surface area contributed by atoms with Crippen LogP contribution in [0, 0.1) is 5.92 Å². The molecular weight excluding hydrogens is 292 g/mol. The Balaban J connectivity index is 1.71. The van der Waals surface area contributed by atoms with Gasteiger partial charge in [-0.05, 0) is 37.8 Å². The van der Waals surface area contributed by atoms with Crippen LogP contribution < -0.4 is 4.90 Å². The van der Waals surface area contributed by atoms with E-state index in [0.29, 0.717) is 19.5 Å². The van der Waals surface area contributed by atoms with Crippen molar-refractivity contribution in [1.29, 1.82) is 0 Å². The number of rotatable bonds is 3. The Kier molecular flexibility index (Phi) is 4.66. The summed E-state index contributed by atoms with van der Waals surface area (Å²) in [6.45, 7) is 3.18. The van der Waals surface area contributed by atoms with Gasteiger partial charge in [0.2, 0.25) is 11.8 Å². The number of benzene rings is 1. The van der Waals surface area contributed by atoms with Gasteiger partial charge in [-0.3, -0.25) is 9.59 Å². The molecule has 2 heterocycles. The van der Waals surface area contributed by atoms with Crippen LogP contribution in [0.5, 0.6) is 0 Å². The van der Waals surface area contributed by atoms with Crippen molar-refractivity contribution >= 4 is 17.5 Å². The summed E-state index contributed by atoms with van der Waals surface area (Å²) in [5.74, 6) is 0.124. The normalized spacial score (nSPS) is 22.7. The second-order valence-corrected chi connectivity index (χ2v) is 6.59. The first-order valence-corrected chi connectivity index (χ1v) is 8.40. The van der Waals surface area contributed by atoms with Gasteiger partial charge in [0.1, 0.15) is 6.54 Å². The van der Waals surface area contributed by atoms with Gasteiger partial charge in [-0.2, -0.15) is 0 Å². The van der Waals surface area contributed by atoms with Gasteiger partial charge in [-0.1, -0.05) is 18.2 Å². The summed E-state index contributed by atoms with van der Waals surface area (Å²) >= 11 is 0. The average molecular weight is 316 g/mol. The predicted molar refractivity (Wildman–Crippen MR) is 88.1 cm³/mol. The van der Waals surface area contributed by atoms with E-state index in [-0.39, 0.29) is 24.3 Å². The Labute approximate surface area is 136 Å². The number of carbonyl (C=O) groups is 2. The van der Waals surface area contributed by atoms with E-state index in [4.69, 9.17) is 0 Å². The van der Waals surface area contributed by atoms with Crippen molar-refractivity contribution in [2.75, 3.05) is 24.5 Å². The Morgan fingerprint density at radius 3 is 2.91 bits per heavy atom. The molecular formula is C18H24N2O3. The van der Waals surface area contributed by atoms with Crippen LogP contribution in [0.15, 0.2) is 24.3 Å². The van der Waals surface area contributed by atoms with E-state index in [2.05, 4.69) is 0 Å². The van der Waals surface area contributed by atoms with Crippen LogP contribution in [0.1, 0.15) is 31.7 Å². The Hall–Kier alpha value is -1.88. The number of hydrogen-bond donors (Lipinski definition) is 1. The summed E-state index contributed by atoms with van der Waals surface area (Å²) in [6.07, 6.45) is 2.66. The first-order chi connectivity index (χ1) is 11.1. The molecule has 2 aliphatic heterocycles. The van der Waals surface area contributed by atoms with Gasteiger partial charge in [-0.25, -0.2) is 0 Å². The van der Waals surface area contributed by atoms with E-state index in [1.54, 1.807) is 16.7 Å². The third kappa shape index (κ3) is 3.39. The molecule has 124 valence electrons. The highest BCUT2D eigenvalue weighted by Crippen LogP contribution is 2.28. The summed E-state index contributed by atoms with van der Waals surface area (Å²) in [5.41, 5.74) is 1.99. The lowest BCUT2D eigenvalue weighted by Crippen LogP contribution is -2.49. The molecule has 1 fully saturated rings. The van der Waals surface area contributed by atoms with E-state index in [0.717, 1.165) is 30.5 Å². The Morgan fingerprint density at radius 1 is 1.35 bits per heavy atom. The Bertz CT molecular complexity index is 600. The summed E-state index contributed by atoms with van der Waals surface area (Å²) in [5, 5.41) is 9.77. The number of hydrogen-bond acceptors (Lipinski definition) is 3. The third-order valence-electron chi connectivity index (χ3n) is 4.98. The van der Waals surface area contributed by atoms with Crippen molar-refractivity contribution in [3.63, 3.8) is 0 Å². The molecule has 0 aliphatic carbocycles. The van der Waals surface area contributed by atoms with Crippen LogP contribution in [0.3, 0.4) is 0 Å². The molecule has 0 bridgehead atoms. The molecule has 5 nitrogen and oxygen atoms in total. The summed E-state index contributed by atoms with van der Waals surface area (Å²) in [6, 6.07) is 7.80. The van der Waals surface area contributed by atoms with Gasteiger partial charge in [0, 0.05) is 31.1 Å². The monoisotopic (exact) mass is 316 g/mol. The van der Waals surface area contributed by atoms with Crippen LogP contribution in [0.2, 0.25) is 0 Å². The number of likely N-dealkylation sites (tertiary alicyclic amines) is 1. The number of aryl methyl sites for hydroxylation is 1. The van der Waals surface area contributed by atoms with E-state index in [1.807, 2.05) is 24.3 Å².